The average Bonchev–Trinajstić information content (AvgIpc) is 2.78. The maximum atomic E-state index is 12.6. The quantitative estimate of drug-likeness (QED) is 0.793. The Hall–Kier alpha value is -3.43. The van der Waals surface area contributed by atoms with Crippen LogP contribution in [-0.2, 0) is 16.0 Å². The summed E-state index contributed by atoms with van der Waals surface area (Å²) >= 11 is 0. The van der Waals surface area contributed by atoms with E-state index in [1.54, 1.807) is 29.2 Å². The van der Waals surface area contributed by atoms with E-state index in [2.05, 4.69) is 16.9 Å². The molecule has 0 unspecified atom stereocenters. The average molecular weight is 389 g/mol. The van der Waals surface area contributed by atoms with E-state index in [4.69, 9.17) is 11.0 Å². The number of methoxy groups -OCH3 is 1. The molecule has 29 heavy (non-hydrogen) atoms. The fourth-order valence-corrected chi connectivity index (χ4v) is 3.33. The molecule has 6 heteroatoms. The van der Waals surface area contributed by atoms with Gasteiger partial charge in [-0.1, -0.05) is 30.3 Å². The highest BCUT2D eigenvalue weighted by atomic mass is 16.5. The topological polar surface area (TPSA) is 96.4 Å². The van der Waals surface area contributed by atoms with Gasteiger partial charge in [0.05, 0.1) is 18.7 Å². The summed E-state index contributed by atoms with van der Waals surface area (Å²) in [5, 5.41) is 8.87. The number of rotatable bonds is 5. The molecule has 0 saturated carbocycles. The molecule has 2 aromatic carbocycles. The number of hydrogen-bond donors (Lipinski definition) is 1. The normalized spacial score (nSPS) is 14.5. The van der Waals surface area contributed by atoms with Crippen LogP contribution in [0.15, 0.2) is 54.6 Å². The molecule has 1 heterocycles. The van der Waals surface area contributed by atoms with Gasteiger partial charge in [0, 0.05) is 18.7 Å². The third-order valence-electron chi connectivity index (χ3n) is 5.04. The lowest BCUT2D eigenvalue weighted by atomic mass is 9.96. The Bertz CT molecular complexity index is 956. The van der Waals surface area contributed by atoms with Crippen LogP contribution in [0, 0.1) is 11.3 Å². The van der Waals surface area contributed by atoms with Crippen LogP contribution in [0.2, 0.25) is 0 Å². The number of ether oxygens (including phenoxy) is 1. The highest BCUT2D eigenvalue weighted by molar-refractivity contribution is 5.95. The smallest absolute Gasteiger partial charge is 0.322 e. The molecule has 0 saturated heterocycles. The lowest BCUT2D eigenvalue weighted by Crippen LogP contribution is -2.34. The number of amides is 1. The Morgan fingerprint density at radius 1 is 1.17 bits per heavy atom. The summed E-state index contributed by atoms with van der Waals surface area (Å²) in [4.78, 5) is 25.9. The largest absolute Gasteiger partial charge is 0.468 e. The first-order valence-corrected chi connectivity index (χ1v) is 9.43. The Kier molecular flexibility index (Phi) is 6.43. The number of nitrogens with two attached hydrogens (primary N) is 1. The van der Waals surface area contributed by atoms with Crippen molar-refractivity contribution in [1.29, 1.82) is 5.26 Å². The number of hydrogen-bond acceptors (Lipinski definition) is 5. The monoisotopic (exact) mass is 389 g/mol. The van der Waals surface area contributed by atoms with Crippen LogP contribution in [0.1, 0.15) is 33.5 Å². The van der Waals surface area contributed by atoms with Gasteiger partial charge in [0.15, 0.2) is 0 Å². The fraction of sp³-hybridized carbons (Fsp3) is 0.261. The number of benzene rings is 2. The van der Waals surface area contributed by atoms with Crippen molar-refractivity contribution in [3.05, 3.63) is 76.9 Å². The number of esters is 1. The van der Waals surface area contributed by atoms with Crippen molar-refractivity contribution in [2.24, 2.45) is 5.73 Å². The molecule has 6 nitrogen and oxygen atoms in total. The van der Waals surface area contributed by atoms with Gasteiger partial charge in [0.1, 0.15) is 6.04 Å². The van der Waals surface area contributed by atoms with Gasteiger partial charge in [0.2, 0.25) is 0 Å². The fourth-order valence-electron chi connectivity index (χ4n) is 3.33. The molecule has 1 atom stereocenters. The molecule has 0 fully saturated rings. The molecule has 0 aromatic heterocycles. The third-order valence-corrected chi connectivity index (χ3v) is 5.04. The summed E-state index contributed by atoms with van der Waals surface area (Å²) in [7, 11) is 1.33. The first-order valence-electron chi connectivity index (χ1n) is 9.43. The molecule has 0 bridgehead atoms. The van der Waals surface area contributed by atoms with Crippen molar-refractivity contribution < 1.29 is 14.3 Å². The lowest BCUT2D eigenvalue weighted by Gasteiger charge is -2.27. The van der Waals surface area contributed by atoms with Crippen molar-refractivity contribution in [2.75, 3.05) is 20.2 Å². The van der Waals surface area contributed by atoms with Crippen LogP contribution in [0.5, 0.6) is 0 Å². The molecule has 1 aliphatic heterocycles. The highest BCUT2D eigenvalue weighted by Crippen LogP contribution is 2.24. The second kappa shape index (κ2) is 9.18. The third kappa shape index (κ3) is 4.89. The molecule has 2 aromatic rings. The first kappa shape index (κ1) is 20.3. The van der Waals surface area contributed by atoms with Gasteiger partial charge in [-0.25, -0.2) is 0 Å². The molecule has 1 amide bonds. The van der Waals surface area contributed by atoms with E-state index in [1.165, 1.54) is 12.7 Å². The standard InChI is InChI=1S/C23H23N3O3/c1-29-23(28)21(25)14-16-2-6-18(7-3-16)19-10-12-26(13-11-19)22(27)20-8-4-17(15-24)5-9-20/h2-10,21H,11-14,25H2,1H3/t21-/m0/s1. The molecular weight excluding hydrogens is 366 g/mol. The van der Waals surface area contributed by atoms with E-state index < -0.39 is 12.0 Å². The molecular formula is C23H23N3O3. The Morgan fingerprint density at radius 3 is 2.41 bits per heavy atom. The minimum absolute atomic E-state index is 0.0306. The zero-order valence-electron chi connectivity index (χ0n) is 16.3. The second-order valence-corrected chi connectivity index (χ2v) is 6.95. The summed E-state index contributed by atoms with van der Waals surface area (Å²) in [6.07, 6.45) is 3.27. The number of carbonyl (C=O) groups excluding carboxylic acids is 2. The van der Waals surface area contributed by atoms with Crippen molar-refractivity contribution in [3.63, 3.8) is 0 Å². The van der Waals surface area contributed by atoms with Crippen molar-refractivity contribution in [1.82, 2.24) is 4.90 Å². The van der Waals surface area contributed by atoms with Crippen LogP contribution in [0.25, 0.3) is 5.57 Å². The second-order valence-electron chi connectivity index (χ2n) is 6.95. The van der Waals surface area contributed by atoms with Gasteiger partial charge in [-0.05, 0) is 53.8 Å². The first-order chi connectivity index (χ1) is 14.0. The number of nitriles is 1. The molecule has 1 aliphatic rings. The summed E-state index contributed by atoms with van der Waals surface area (Å²) in [5.74, 6) is -0.451. The van der Waals surface area contributed by atoms with Crippen LogP contribution in [0.3, 0.4) is 0 Å². The zero-order chi connectivity index (χ0) is 20.8. The summed E-state index contributed by atoms with van der Waals surface area (Å²) in [6, 6.07) is 16.1. The van der Waals surface area contributed by atoms with E-state index in [0.29, 0.717) is 30.6 Å². The van der Waals surface area contributed by atoms with Gasteiger partial charge < -0.3 is 15.4 Å². The maximum Gasteiger partial charge on any atom is 0.322 e. The van der Waals surface area contributed by atoms with Gasteiger partial charge in [-0.3, -0.25) is 9.59 Å². The molecule has 0 radical (unpaired) electrons. The number of nitrogens with zero attached hydrogens (tertiary/aromatic N) is 2. The van der Waals surface area contributed by atoms with Crippen LogP contribution in [0.4, 0.5) is 0 Å². The summed E-state index contributed by atoms with van der Waals surface area (Å²) < 4.78 is 4.66. The van der Waals surface area contributed by atoms with Gasteiger partial charge in [-0.15, -0.1) is 0 Å². The van der Waals surface area contributed by atoms with Crippen LogP contribution < -0.4 is 5.73 Å². The van der Waals surface area contributed by atoms with E-state index in [-0.39, 0.29) is 5.91 Å². The Balaban J connectivity index is 1.62. The molecule has 3 rings (SSSR count). The lowest BCUT2D eigenvalue weighted by molar-refractivity contribution is -0.142. The van der Waals surface area contributed by atoms with E-state index in [1.807, 2.05) is 24.3 Å². The van der Waals surface area contributed by atoms with Crippen LogP contribution in [-0.4, -0.2) is 43.0 Å². The minimum Gasteiger partial charge on any atom is -0.468 e. The highest BCUT2D eigenvalue weighted by Gasteiger charge is 2.19. The SMILES string of the molecule is COC(=O)[C@@H](N)Cc1ccc(C2=CCN(C(=O)c3ccc(C#N)cc3)CC2)cc1. The predicted molar refractivity (Wildman–Crippen MR) is 110 cm³/mol. The van der Waals surface area contributed by atoms with E-state index in [9.17, 15) is 9.59 Å². The van der Waals surface area contributed by atoms with Crippen molar-refractivity contribution in [2.45, 2.75) is 18.9 Å². The zero-order valence-corrected chi connectivity index (χ0v) is 16.3. The maximum absolute atomic E-state index is 12.6. The van der Waals surface area contributed by atoms with E-state index in [0.717, 1.165) is 17.5 Å². The summed E-state index contributed by atoms with van der Waals surface area (Å²) in [6.45, 7) is 1.18. The molecule has 2 N–H and O–H groups in total. The van der Waals surface area contributed by atoms with Gasteiger partial charge >= 0.3 is 5.97 Å². The van der Waals surface area contributed by atoms with Gasteiger partial charge in [-0.2, -0.15) is 5.26 Å². The van der Waals surface area contributed by atoms with Gasteiger partial charge in [0.25, 0.3) is 5.91 Å². The predicted octanol–water partition coefficient (Wildman–Crippen LogP) is 2.53. The van der Waals surface area contributed by atoms with Crippen molar-refractivity contribution >= 4 is 17.4 Å². The molecule has 148 valence electrons. The minimum atomic E-state index is -0.665. The molecule has 0 aliphatic carbocycles. The Labute approximate surface area is 170 Å². The Morgan fingerprint density at radius 2 is 1.86 bits per heavy atom. The number of carbonyl (C=O) groups is 2. The van der Waals surface area contributed by atoms with E-state index >= 15 is 0 Å². The van der Waals surface area contributed by atoms with Crippen molar-refractivity contribution in [3.8, 4) is 6.07 Å². The molecule has 0 spiro atoms. The summed E-state index contributed by atoms with van der Waals surface area (Å²) in [5.41, 5.74) is 10.2. The van der Waals surface area contributed by atoms with Crippen LogP contribution >= 0.6 is 0 Å².